The lowest BCUT2D eigenvalue weighted by molar-refractivity contribution is -0.126. The van der Waals surface area contributed by atoms with Crippen LogP contribution in [0.2, 0.25) is 5.02 Å². The average Bonchev–Trinajstić information content (AvgIpc) is 2.80. The number of hydrogen-bond acceptors (Lipinski definition) is 4. The minimum absolute atomic E-state index is 0.0533. The van der Waals surface area contributed by atoms with E-state index in [1.807, 2.05) is 12.1 Å². The van der Waals surface area contributed by atoms with Crippen LogP contribution in [0.4, 0.5) is 0 Å². The summed E-state index contributed by atoms with van der Waals surface area (Å²) in [6.07, 6.45) is 2.01. The first-order valence-electron chi connectivity index (χ1n) is 11.3. The van der Waals surface area contributed by atoms with Crippen molar-refractivity contribution >= 4 is 17.5 Å². The van der Waals surface area contributed by atoms with Crippen molar-refractivity contribution in [1.82, 2.24) is 15.1 Å². The van der Waals surface area contributed by atoms with Crippen molar-refractivity contribution in [3.8, 4) is 0 Å². The van der Waals surface area contributed by atoms with Gasteiger partial charge in [0.1, 0.15) is 0 Å². The summed E-state index contributed by atoms with van der Waals surface area (Å²) in [5.41, 5.74) is 3.69. The summed E-state index contributed by atoms with van der Waals surface area (Å²) in [6.45, 7) is 7.83. The Morgan fingerprint density at radius 3 is 2.52 bits per heavy atom. The number of halogens is 1. The largest absolute Gasteiger partial charge is 0.379 e. The Morgan fingerprint density at radius 1 is 0.968 bits per heavy atom. The molecule has 1 amide bonds. The molecule has 6 heteroatoms. The van der Waals surface area contributed by atoms with Crippen LogP contribution >= 0.6 is 11.6 Å². The molecule has 2 saturated heterocycles. The summed E-state index contributed by atoms with van der Waals surface area (Å²) in [7, 11) is 0. The molecule has 166 valence electrons. The van der Waals surface area contributed by atoms with Crippen molar-refractivity contribution in [3.63, 3.8) is 0 Å². The van der Waals surface area contributed by atoms with E-state index in [0.29, 0.717) is 6.54 Å². The number of amides is 1. The van der Waals surface area contributed by atoms with E-state index < -0.39 is 0 Å². The molecule has 2 aliphatic rings. The molecule has 1 N–H and O–H groups in total. The molecule has 0 aliphatic carbocycles. The molecular formula is C25H32ClN3O2. The summed E-state index contributed by atoms with van der Waals surface area (Å²) in [6, 6.07) is 16.5. The van der Waals surface area contributed by atoms with Gasteiger partial charge in [0.15, 0.2) is 0 Å². The van der Waals surface area contributed by atoms with Crippen LogP contribution in [0.25, 0.3) is 0 Å². The molecule has 0 saturated carbocycles. The monoisotopic (exact) mass is 441 g/mol. The molecule has 0 bridgehead atoms. The van der Waals surface area contributed by atoms with Crippen LogP contribution in [0.5, 0.6) is 0 Å². The molecule has 0 spiro atoms. The number of carbonyl (C=O) groups is 1. The standard InChI is InChI=1S/C25H32ClN3O2/c26-24-8-6-20(7-9-24)17-29-10-2-5-23(19-29)25(30)27-16-21-3-1-4-22(15-21)18-28-11-13-31-14-12-28/h1,3-4,6-9,15,23H,2,5,10-14,16-19H2,(H,27,30). The number of hydrogen-bond donors (Lipinski definition) is 1. The number of likely N-dealkylation sites (tertiary alicyclic amines) is 1. The lowest BCUT2D eigenvalue weighted by atomic mass is 9.96. The minimum Gasteiger partial charge on any atom is -0.379 e. The highest BCUT2D eigenvalue weighted by Gasteiger charge is 2.25. The molecule has 4 rings (SSSR count). The SMILES string of the molecule is O=C(NCc1cccc(CN2CCOCC2)c1)C1CCCN(Cc2ccc(Cl)cc2)C1. The van der Waals surface area contributed by atoms with Crippen molar-refractivity contribution in [2.24, 2.45) is 5.92 Å². The molecule has 0 aromatic heterocycles. The van der Waals surface area contributed by atoms with E-state index in [9.17, 15) is 4.79 Å². The van der Waals surface area contributed by atoms with Gasteiger partial charge < -0.3 is 10.1 Å². The van der Waals surface area contributed by atoms with Gasteiger partial charge in [0.05, 0.1) is 19.1 Å². The number of ether oxygens (including phenoxy) is 1. The Kier molecular flexibility index (Phi) is 7.97. The van der Waals surface area contributed by atoms with Crippen LogP contribution in [0.15, 0.2) is 48.5 Å². The van der Waals surface area contributed by atoms with Crippen molar-refractivity contribution in [2.45, 2.75) is 32.5 Å². The van der Waals surface area contributed by atoms with E-state index in [2.05, 4.69) is 51.5 Å². The number of benzene rings is 2. The van der Waals surface area contributed by atoms with Crippen molar-refractivity contribution in [3.05, 3.63) is 70.2 Å². The van der Waals surface area contributed by atoms with Crippen LogP contribution in [-0.4, -0.2) is 55.1 Å². The fourth-order valence-corrected chi connectivity index (χ4v) is 4.58. The predicted octanol–water partition coefficient (Wildman–Crippen LogP) is 3.70. The highest BCUT2D eigenvalue weighted by molar-refractivity contribution is 6.30. The van der Waals surface area contributed by atoms with Gasteiger partial charge in [0.25, 0.3) is 0 Å². The second-order valence-corrected chi connectivity index (χ2v) is 9.06. The third kappa shape index (κ3) is 6.78. The Hall–Kier alpha value is -1.92. The Bertz CT molecular complexity index is 852. The Balaban J connectivity index is 1.26. The van der Waals surface area contributed by atoms with Crippen molar-refractivity contribution < 1.29 is 9.53 Å². The lowest BCUT2D eigenvalue weighted by Crippen LogP contribution is -2.42. The van der Waals surface area contributed by atoms with Gasteiger partial charge in [-0.15, -0.1) is 0 Å². The maximum Gasteiger partial charge on any atom is 0.224 e. The van der Waals surface area contributed by atoms with Crippen LogP contribution in [-0.2, 0) is 29.2 Å². The quantitative estimate of drug-likeness (QED) is 0.711. The zero-order valence-electron chi connectivity index (χ0n) is 18.1. The maximum absolute atomic E-state index is 12.8. The molecule has 2 aromatic carbocycles. The zero-order chi connectivity index (χ0) is 21.5. The number of piperidine rings is 1. The fraction of sp³-hybridized carbons (Fsp3) is 0.480. The van der Waals surface area contributed by atoms with Crippen LogP contribution in [0, 0.1) is 5.92 Å². The number of rotatable bonds is 7. The molecule has 31 heavy (non-hydrogen) atoms. The summed E-state index contributed by atoms with van der Waals surface area (Å²) in [4.78, 5) is 17.6. The molecule has 5 nitrogen and oxygen atoms in total. The van der Waals surface area contributed by atoms with E-state index in [1.54, 1.807) is 0 Å². The van der Waals surface area contributed by atoms with E-state index in [-0.39, 0.29) is 11.8 Å². The first kappa shape index (κ1) is 22.3. The van der Waals surface area contributed by atoms with Crippen molar-refractivity contribution in [1.29, 1.82) is 0 Å². The van der Waals surface area contributed by atoms with Crippen LogP contribution in [0.1, 0.15) is 29.5 Å². The molecular weight excluding hydrogens is 410 g/mol. The summed E-state index contributed by atoms with van der Waals surface area (Å²) in [5, 5.41) is 3.93. The fourth-order valence-electron chi connectivity index (χ4n) is 4.45. The third-order valence-corrected chi connectivity index (χ3v) is 6.42. The molecule has 2 aliphatic heterocycles. The van der Waals surface area contributed by atoms with Gasteiger partial charge in [-0.1, -0.05) is 48.0 Å². The van der Waals surface area contributed by atoms with Gasteiger partial charge in [-0.2, -0.15) is 0 Å². The van der Waals surface area contributed by atoms with Gasteiger partial charge in [-0.3, -0.25) is 14.6 Å². The molecule has 1 unspecified atom stereocenters. The van der Waals surface area contributed by atoms with Crippen LogP contribution in [0.3, 0.4) is 0 Å². The van der Waals surface area contributed by atoms with Gasteiger partial charge in [-0.05, 0) is 48.2 Å². The van der Waals surface area contributed by atoms with E-state index >= 15 is 0 Å². The summed E-state index contributed by atoms with van der Waals surface area (Å²) < 4.78 is 5.43. The second kappa shape index (κ2) is 11.1. The Labute approximate surface area is 190 Å². The number of carbonyl (C=O) groups excluding carboxylic acids is 1. The summed E-state index contributed by atoms with van der Waals surface area (Å²) in [5.74, 6) is 0.219. The lowest BCUT2D eigenvalue weighted by Gasteiger charge is -2.32. The van der Waals surface area contributed by atoms with Crippen LogP contribution < -0.4 is 5.32 Å². The molecule has 2 heterocycles. The Morgan fingerprint density at radius 2 is 1.71 bits per heavy atom. The van der Waals surface area contributed by atoms with E-state index in [0.717, 1.165) is 75.9 Å². The number of nitrogens with zero attached hydrogens (tertiary/aromatic N) is 2. The molecule has 0 radical (unpaired) electrons. The highest BCUT2D eigenvalue weighted by Crippen LogP contribution is 2.20. The second-order valence-electron chi connectivity index (χ2n) is 8.63. The molecule has 2 aromatic rings. The van der Waals surface area contributed by atoms with Crippen molar-refractivity contribution in [2.75, 3.05) is 39.4 Å². The normalized spacial score (nSPS) is 20.5. The number of nitrogens with one attached hydrogen (secondary N) is 1. The zero-order valence-corrected chi connectivity index (χ0v) is 18.8. The van der Waals surface area contributed by atoms with E-state index in [1.165, 1.54) is 11.1 Å². The van der Waals surface area contributed by atoms with Gasteiger partial charge in [-0.25, -0.2) is 0 Å². The predicted molar refractivity (Wildman–Crippen MR) is 124 cm³/mol. The molecule has 1 atom stereocenters. The average molecular weight is 442 g/mol. The maximum atomic E-state index is 12.8. The minimum atomic E-state index is 0.0533. The van der Waals surface area contributed by atoms with E-state index in [4.69, 9.17) is 16.3 Å². The first-order chi connectivity index (χ1) is 15.2. The third-order valence-electron chi connectivity index (χ3n) is 6.16. The summed E-state index contributed by atoms with van der Waals surface area (Å²) >= 11 is 5.99. The topological polar surface area (TPSA) is 44.8 Å². The first-order valence-corrected chi connectivity index (χ1v) is 11.7. The smallest absolute Gasteiger partial charge is 0.224 e. The highest BCUT2D eigenvalue weighted by atomic mass is 35.5. The van der Waals surface area contributed by atoms with Gasteiger partial charge in [0, 0.05) is 44.3 Å². The molecule has 2 fully saturated rings. The number of morpholine rings is 1. The van der Waals surface area contributed by atoms with Gasteiger partial charge >= 0.3 is 0 Å². The van der Waals surface area contributed by atoms with Gasteiger partial charge in [0.2, 0.25) is 5.91 Å².